The van der Waals surface area contributed by atoms with Crippen LogP contribution in [-0.2, 0) is 7.05 Å². The molecule has 2 unspecified atom stereocenters. The third-order valence-corrected chi connectivity index (χ3v) is 2.83. The summed E-state index contributed by atoms with van der Waals surface area (Å²) < 4.78 is 2.02. The summed E-state index contributed by atoms with van der Waals surface area (Å²) in [5.41, 5.74) is 4.03. The Morgan fingerprint density at radius 3 is 2.80 bits per heavy atom. The fourth-order valence-corrected chi connectivity index (χ4v) is 1.99. The fourth-order valence-electron chi connectivity index (χ4n) is 1.99. The monoisotopic (exact) mass is 210 g/mol. The van der Waals surface area contributed by atoms with Crippen molar-refractivity contribution in [3.05, 3.63) is 18.2 Å². The number of aryl methyl sites for hydroxylation is 1. The zero-order valence-electron chi connectivity index (χ0n) is 9.90. The molecule has 1 aromatic rings. The number of nitrogens with zero attached hydrogens (tertiary/aromatic N) is 2. The first kappa shape index (κ1) is 12.2. The molecule has 15 heavy (non-hydrogen) atoms. The van der Waals surface area contributed by atoms with Crippen LogP contribution in [-0.4, -0.2) is 9.55 Å². The molecule has 0 bridgehead atoms. The van der Waals surface area contributed by atoms with Gasteiger partial charge in [-0.1, -0.05) is 26.7 Å². The Balaban J connectivity index is 2.60. The average Bonchev–Trinajstić information content (AvgIpc) is 2.61. The zero-order valence-corrected chi connectivity index (χ0v) is 9.90. The van der Waals surface area contributed by atoms with Crippen molar-refractivity contribution in [3.63, 3.8) is 0 Å². The number of nitrogens with two attached hydrogens (primary N) is 1. The van der Waals surface area contributed by atoms with E-state index in [1.807, 2.05) is 24.1 Å². The number of hydrazine groups is 1. The minimum atomic E-state index is 0.207. The van der Waals surface area contributed by atoms with Crippen molar-refractivity contribution in [3.8, 4) is 0 Å². The highest BCUT2D eigenvalue weighted by molar-refractivity contribution is 5.04. The Labute approximate surface area is 91.8 Å². The highest BCUT2D eigenvalue weighted by atomic mass is 15.2. The smallest absolute Gasteiger partial charge is 0.0946 e. The van der Waals surface area contributed by atoms with Gasteiger partial charge in [-0.25, -0.2) is 4.98 Å². The summed E-state index contributed by atoms with van der Waals surface area (Å²) in [5.74, 6) is 6.27. The van der Waals surface area contributed by atoms with Gasteiger partial charge >= 0.3 is 0 Å². The number of rotatable bonds is 6. The van der Waals surface area contributed by atoms with Gasteiger partial charge in [0.15, 0.2) is 0 Å². The van der Waals surface area contributed by atoms with Gasteiger partial charge in [0.25, 0.3) is 0 Å². The van der Waals surface area contributed by atoms with Crippen molar-refractivity contribution < 1.29 is 0 Å². The van der Waals surface area contributed by atoms with Gasteiger partial charge in [0.2, 0.25) is 0 Å². The van der Waals surface area contributed by atoms with Crippen molar-refractivity contribution in [1.82, 2.24) is 15.0 Å². The second kappa shape index (κ2) is 5.88. The second-order valence-corrected chi connectivity index (χ2v) is 4.28. The number of nitrogens with one attached hydrogen (secondary N) is 1. The maximum absolute atomic E-state index is 5.59. The molecule has 4 nitrogen and oxygen atoms in total. The molecule has 0 saturated heterocycles. The molecule has 1 rings (SSSR count). The van der Waals surface area contributed by atoms with Crippen molar-refractivity contribution in [2.45, 2.75) is 39.2 Å². The number of hydrogen-bond donors (Lipinski definition) is 2. The molecule has 4 heteroatoms. The van der Waals surface area contributed by atoms with Crippen LogP contribution in [0.3, 0.4) is 0 Å². The molecule has 0 fully saturated rings. The van der Waals surface area contributed by atoms with E-state index < -0.39 is 0 Å². The van der Waals surface area contributed by atoms with Gasteiger partial charge in [0, 0.05) is 13.2 Å². The molecule has 0 saturated carbocycles. The topological polar surface area (TPSA) is 55.9 Å². The molecular formula is C11H22N4. The summed E-state index contributed by atoms with van der Waals surface area (Å²) in [7, 11) is 2.00. The minimum Gasteiger partial charge on any atom is -0.336 e. The minimum absolute atomic E-state index is 0.207. The Morgan fingerprint density at radius 1 is 1.60 bits per heavy atom. The first-order valence-electron chi connectivity index (χ1n) is 5.61. The maximum atomic E-state index is 5.59. The Kier molecular flexibility index (Phi) is 4.78. The molecule has 0 aromatic carbocycles. The van der Waals surface area contributed by atoms with Crippen LogP contribution in [0, 0.1) is 5.92 Å². The highest BCUT2D eigenvalue weighted by Crippen LogP contribution is 2.22. The third kappa shape index (κ3) is 3.32. The van der Waals surface area contributed by atoms with Gasteiger partial charge in [-0.3, -0.25) is 11.3 Å². The Morgan fingerprint density at radius 2 is 2.33 bits per heavy atom. The van der Waals surface area contributed by atoms with Crippen LogP contribution in [0.1, 0.15) is 44.8 Å². The summed E-state index contributed by atoms with van der Waals surface area (Å²) in [6, 6.07) is 0.207. The second-order valence-electron chi connectivity index (χ2n) is 4.28. The molecule has 0 aliphatic heterocycles. The van der Waals surface area contributed by atoms with Crippen molar-refractivity contribution in [2.75, 3.05) is 0 Å². The average molecular weight is 210 g/mol. The molecule has 1 heterocycles. The van der Waals surface area contributed by atoms with Crippen LogP contribution < -0.4 is 11.3 Å². The lowest BCUT2D eigenvalue weighted by Crippen LogP contribution is -2.30. The number of aromatic nitrogens is 2. The quantitative estimate of drug-likeness (QED) is 0.555. The van der Waals surface area contributed by atoms with Crippen LogP contribution in [0.2, 0.25) is 0 Å². The summed E-state index contributed by atoms with van der Waals surface area (Å²) in [6.07, 6.45) is 7.22. The van der Waals surface area contributed by atoms with Crippen LogP contribution in [0.4, 0.5) is 0 Å². The van der Waals surface area contributed by atoms with E-state index in [1.54, 1.807) is 0 Å². The first-order chi connectivity index (χ1) is 7.19. The van der Waals surface area contributed by atoms with Gasteiger partial charge in [-0.15, -0.1) is 0 Å². The summed E-state index contributed by atoms with van der Waals surface area (Å²) in [4.78, 5) is 4.11. The lowest BCUT2D eigenvalue weighted by molar-refractivity contribution is 0.384. The number of hydrogen-bond acceptors (Lipinski definition) is 3. The third-order valence-electron chi connectivity index (χ3n) is 2.83. The standard InChI is InChI=1S/C11H22N4/c1-4-5-9(2)6-10(14-12)11-7-13-8-15(11)3/h7-10,14H,4-6,12H2,1-3H3. The molecule has 1 aromatic heterocycles. The molecule has 2 atom stereocenters. The predicted octanol–water partition coefficient (Wildman–Crippen LogP) is 1.75. The predicted molar refractivity (Wildman–Crippen MR) is 62.0 cm³/mol. The molecule has 0 radical (unpaired) electrons. The number of imidazole rings is 1. The molecule has 0 amide bonds. The van der Waals surface area contributed by atoms with Gasteiger partial charge in [0.05, 0.1) is 18.1 Å². The van der Waals surface area contributed by atoms with E-state index in [0.29, 0.717) is 5.92 Å². The highest BCUT2D eigenvalue weighted by Gasteiger charge is 2.16. The van der Waals surface area contributed by atoms with Gasteiger partial charge in [-0.05, 0) is 12.3 Å². The van der Waals surface area contributed by atoms with Crippen LogP contribution in [0.25, 0.3) is 0 Å². The maximum Gasteiger partial charge on any atom is 0.0946 e. The fraction of sp³-hybridized carbons (Fsp3) is 0.727. The van der Waals surface area contributed by atoms with Gasteiger partial charge < -0.3 is 4.57 Å². The van der Waals surface area contributed by atoms with Crippen molar-refractivity contribution >= 4 is 0 Å². The molecular weight excluding hydrogens is 188 g/mol. The van der Waals surface area contributed by atoms with E-state index in [1.165, 1.54) is 12.8 Å². The van der Waals surface area contributed by atoms with Crippen molar-refractivity contribution in [1.29, 1.82) is 0 Å². The zero-order chi connectivity index (χ0) is 11.3. The molecule has 0 aliphatic rings. The Bertz CT molecular complexity index is 282. The lowest BCUT2D eigenvalue weighted by Gasteiger charge is -2.20. The first-order valence-corrected chi connectivity index (χ1v) is 5.61. The van der Waals surface area contributed by atoms with E-state index in [9.17, 15) is 0 Å². The summed E-state index contributed by atoms with van der Waals surface area (Å²) in [6.45, 7) is 4.48. The molecule has 86 valence electrons. The van der Waals surface area contributed by atoms with Crippen molar-refractivity contribution in [2.24, 2.45) is 18.8 Å². The lowest BCUT2D eigenvalue weighted by atomic mass is 9.96. The van der Waals surface area contributed by atoms with Crippen LogP contribution in [0.5, 0.6) is 0 Å². The van der Waals surface area contributed by atoms with E-state index in [0.717, 1.165) is 12.1 Å². The summed E-state index contributed by atoms with van der Waals surface area (Å²) >= 11 is 0. The SMILES string of the molecule is CCCC(C)CC(NN)c1cncn1C. The Hall–Kier alpha value is -0.870. The van der Waals surface area contributed by atoms with Crippen LogP contribution >= 0.6 is 0 Å². The van der Waals surface area contributed by atoms with Crippen LogP contribution in [0.15, 0.2) is 12.5 Å². The van der Waals surface area contributed by atoms with E-state index in [2.05, 4.69) is 24.3 Å². The largest absolute Gasteiger partial charge is 0.336 e. The van der Waals surface area contributed by atoms with E-state index in [4.69, 9.17) is 5.84 Å². The molecule has 0 aliphatic carbocycles. The molecule has 0 spiro atoms. The van der Waals surface area contributed by atoms with E-state index >= 15 is 0 Å². The van der Waals surface area contributed by atoms with Gasteiger partial charge in [0.1, 0.15) is 0 Å². The molecule has 3 N–H and O–H groups in total. The van der Waals surface area contributed by atoms with E-state index in [-0.39, 0.29) is 6.04 Å². The normalized spacial score (nSPS) is 15.2. The van der Waals surface area contributed by atoms with Gasteiger partial charge in [-0.2, -0.15) is 0 Å². The summed E-state index contributed by atoms with van der Waals surface area (Å²) in [5, 5.41) is 0.